The van der Waals surface area contributed by atoms with Crippen LogP contribution in [0.1, 0.15) is 86.6 Å². The molecule has 1 aliphatic rings. The largest absolute Gasteiger partial charge is 0.476 e. The van der Waals surface area contributed by atoms with E-state index in [0.717, 1.165) is 47.0 Å². The van der Waals surface area contributed by atoms with E-state index < -0.39 is 30.0 Å². The van der Waals surface area contributed by atoms with Crippen molar-refractivity contribution in [2.75, 3.05) is 0 Å². The maximum absolute atomic E-state index is 14.0. The second-order valence-corrected chi connectivity index (χ2v) is 11.6. The zero-order chi connectivity index (χ0) is 29.1. The Kier molecular flexibility index (Phi) is 8.98. The van der Waals surface area contributed by atoms with Gasteiger partial charge < -0.3 is 25.1 Å². The summed E-state index contributed by atoms with van der Waals surface area (Å²) in [6.07, 6.45) is 6.14. The number of amides is 3. The zero-order valence-corrected chi connectivity index (χ0v) is 24.0. The molecule has 40 heavy (non-hydrogen) atoms. The van der Waals surface area contributed by atoms with Crippen LogP contribution in [0.4, 0.5) is 4.79 Å². The van der Waals surface area contributed by atoms with Gasteiger partial charge in [0.1, 0.15) is 11.8 Å². The SMILES string of the molecule is Cc1oc([C@@H](Cc2cn(C)c3ccccc23)N(C(=O)NC2CCC(C)CC2)C(=O)[C@@H](N)CC(C)C)nc1C(=O)O. The Bertz CT molecular complexity index is 1370. The van der Waals surface area contributed by atoms with Crippen LogP contribution in [0.25, 0.3) is 10.9 Å². The van der Waals surface area contributed by atoms with E-state index in [2.05, 4.69) is 17.2 Å². The monoisotopic (exact) mass is 551 g/mol. The summed E-state index contributed by atoms with van der Waals surface area (Å²) < 4.78 is 7.84. The summed E-state index contributed by atoms with van der Waals surface area (Å²) in [7, 11) is 1.93. The van der Waals surface area contributed by atoms with E-state index in [-0.39, 0.29) is 35.7 Å². The summed E-state index contributed by atoms with van der Waals surface area (Å²) in [6.45, 7) is 7.63. The molecule has 216 valence electrons. The van der Waals surface area contributed by atoms with Crippen molar-refractivity contribution in [2.24, 2.45) is 24.6 Å². The van der Waals surface area contributed by atoms with Crippen LogP contribution < -0.4 is 11.1 Å². The number of nitrogens with two attached hydrogens (primary N) is 1. The van der Waals surface area contributed by atoms with Crippen molar-refractivity contribution in [1.82, 2.24) is 19.8 Å². The number of rotatable bonds is 9. The molecule has 0 radical (unpaired) electrons. The van der Waals surface area contributed by atoms with Crippen LogP contribution in [0.5, 0.6) is 0 Å². The Balaban J connectivity index is 1.80. The second kappa shape index (κ2) is 12.2. The molecule has 2 aromatic heterocycles. The number of para-hydroxylation sites is 1. The van der Waals surface area contributed by atoms with Crippen LogP contribution in [-0.4, -0.2) is 49.5 Å². The highest BCUT2D eigenvalue weighted by Gasteiger charge is 2.39. The number of aryl methyl sites for hydroxylation is 2. The van der Waals surface area contributed by atoms with E-state index in [0.29, 0.717) is 12.3 Å². The van der Waals surface area contributed by atoms with Crippen molar-refractivity contribution in [1.29, 1.82) is 0 Å². The van der Waals surface area contributed by atoms with Gasteiger partial charge in [0.25, 0.3) is 0 Å². The Labute approximate surface area is 234 Å². The first-order chi connectivity index (χ1) is 19.0. The molecule has 2 heterocycles. The fourth-order valence-electron chi connectivity index (χ4n) is 5.67. The molecule has 10 heteroatoms. The van der Waals surface area contributed by atoms with Crippen molar-refractivity contribution >= 4 is 28.8 Å². The molecule has 3 amide bonds. The van der Waals surface area contributed by atoms with Crippen molar-refractivity contribution in [3.8, 4) is 0 Å². The topological polar surface area (TPSA) is 144 Å². The normalized spacial score (nSPS) is 19.0. The minimum atomic E-state index is -1.24. The number of aromatic nitrogens is 2. The minimum absolute atomic E-state index is 0.0136. The molecular weight excluding hydrogens is 510 g/mol. The third kappa shape index (κ3) is 6.38. The van der Waals surface area contributed by atoms with E-state index in [4.69, 9.17) is 10.2 Å². The first-order valence-corrected chi connectivity index (χ1v) is 14.1. The summed E-state index contributed by atoms with van der Waals surface area (Å²) in [4.78, 5) is 45.2. The average Bonchev–Trinajstić information content (AvgIpc) is 3.44. The molecular formula is C30H41N5O5. The summed E-state index contributed by atoms with van der Waals surface area (Å²) in [5, 5.41) is 13.7. The lowest BCUT2D eigenvalue weighted by atomic mass is 9.87. The Morgan fingerprint density at radius 1 is 1.20 bits per heavy atom. The second-order valence-electron chi connectivity index (χ2n) is 11.6. The fraction of sp³-hybridized carbons (Fsp3) is 0.533. The summed E-state index contributed by atoms with van der Waals surface area (Å²) in [5.74, 6) is -0.983. The Morgan fingerprint density at radius 2 is 1.88 bits per heavy atom. The Hall–Kier alpha value is -3.66. The number of hydrogen-bond acceptors (Lipinski definition) is 6. The van der Waals surface area contributed by atoms with Crippen molar-refractivity contribution < 1.29 is 23.9 Å². The highest BCUT2D eigenvalue weighted by Crippen LogP contribution is 2.32. The molecule has 1 fully saturated rings. The number of carboxylic acids is 1. The number of carboxylic acid groups (broad SMARTS) is 1. The average molecular weight is 552 g/mol. The van der Waals surface area contributed by atoms with Gasteiger partial charge >= 0.3 is 12.0 Å². The van der Waals surface area contributed by atoms with E-state index in [1.807, 2.05) is 55.9 Å². The first kappa shape index (κ1) is 29.3. The molecule has 0 spiro atoms. The maximum Gasteiger partial charge on any atom is 0.358 e. The van der Waals surface area contributed by atoms with Gasteiger partial charge in [-0.1, -0.05) is 39.0 Å². The molecule has 4 N–H and O–H groups in total. The minimum Gasteiger partial charge on any atom is -0.476 e. The highest BCUT2D eigenvalue weighted by atomic mass is 16.4. The summed E-state index contributed by atoms with van der Waals surface area (Å²) in [5.41, 5.74) is 7.98. The molecule has 3 aromatic rings. The van der Waals surface area contributed by atoms with Crippen molar-refractivity contribution in [2.45, 2.75) is 84.3 Å². The molecule has 1 aliphatic carbocycles. The lowest BCUT2D eigenvalue weighted by molar-refractivity contribution is -0.132. The molecule has 2 atom stereocenters. The number of aromatic carboxylic acids is 1. The van der Waals surface area contributed by atoms with Crippen LogP contribution in [0.3, 0.4) is 0 Å². The number of urea groups is 1. The highest BCUT2D eigenvalue weighted by molar-refractivity contribution is 5.98. The van der Waals surface area contributed by atoms with Crippen molar-refractivity contribution in [3.05, 3.63) is 53.4 Å². The van der Waals surface area contributed by atoms with Crippen LogP contribution in [0.2, 0.25) is 0 Å². The number of oxazole rings is 1. The van der Waals surface area contributed by atoms with Crippen LogP contribution in [-0.2, 0) is 18.3 Å². The van der Waals surface area contributed by atoms with Crippen LogP contribution in [0.15, 0.2) is 34.9 Å². The van der Waals surface area contributed by atoms with Gasteiger partial charge in [0.2, 0.25) is 11.8 Å². The first-order valence-electron chi connectivity index (χ1n) is 14.1. The van der Waals surface area contributed by atoms with Crippen molar-refractivity contribution in [3.63, 3.8) is 0 Å². The molecule has 1 saturated carbocycles. The van der Waals surface area contributed by atoms with Gasteiger partial charge in [0.05, 0.1) is 6.04 Å². The van der Waals surface area contributed by atoms with E-state index >= 15 is 0 Å². The number of fused-ring (bicyclic) bond motifs is 1. The van der Waals surface area contributed by atoms with Gasteiger partial charge in [0, 0.05) is 36.6 Å². The molecule has 1 aromatic carbocycles. The summed E-state index contributed by atoms with van der Waals surface area (Å²) >= 11 is 0. The lowest BCUT2D eigenvalue weighted by Gasteiger charge is -2.34. The number of imide groups is 1. The molecule has 0 bridgehead atoms. The quantitative estimate of drug-likeness (QED) is 0.341. The third-order valence-corrected chi connectivity index (χ3v) is 7.85. The number of carbonyl (C=O) groups excluding carboxylic acids is 2. The van der Waals surface area contributed by atoms with Gasteiger partial charge in [-0.3, -0.25) is 9.69 Å². The van der Waals surface area contributed by atoms with Crippen LogP contribution >= 0.6 is 0 Å². The number of nitrogens with zero attached hydrogens (tertiary/aromatic N) is 3. The van der Waals surface area contributed by atoms with E-state index in [1.165, 1.54) is 6.92 Å². The summed E-state index contributed by atoms with van der Waals surface area (Å²) in [6, 6.07) is 5.26. The number of hydrogen-bond donors (Lipinski definition) is 3. The molecule has 0 saturated heterocycles. The van der Waals surface area contributed by atoms with E-state index in [1.54, 1.807) is 0 Å². The Morgan fingerprint density at radius 3 is 2.50 bits per heavy atom. The standard InChI is InChI=1S/C30H41N5O5/c1-17(2)14-23(31)28(36)35(30(39)32-21-12-10-18(3)11-13-21)25(27-33-26(29(37)38)19(4)40-27)15-20-16-34(5)24-9-7-6-8-22(20)24/h6-9,16-18,21,23,25H,10-15,31H2,1-5H3,(H,32,39)(H,37,38)/t18?,21?,23-,25+/m0/s1. The number of benzene rings is 1. The van der Waals surface area contributed by atoms with Gasteiger partial charge in [-0.15, -0.1) is 0 Å². The number of carbonyl (C=O) groups is 3. The van der Waals surface area contributed by atoms with Gasteiger partial charge in [-0.05, 0) is 62.5 Å². The molecule has 0 unspecified atom stereocenters. The third-order valence-electron chi connectivity index (χ3n) is 7.85. The maximum atomic E-state index is 14.0. The molecule has 10 nitrogen and oxygen atoms in total. The van der Waals surface area contributed by atoms with Gasteiger partial charge in [-0.25, -0.2) is 14.6 Å². The fourth-order valence-corrected chi connectivity index (χ4v) is 5.67. The predicted octanol–water partition coefficient (Wildman–Crippen LogP) is 4.95. The zero-order valence-electron chi connectivity index (χ0n) is 24.0. The van der Waals surface area contributed by atoms with Gasteiger partial charge in [0.15, 0.2) is 5.69 Å². The van der Waals surface area contributed by atoms with E-state index in [9.17, 15) is 19.5 Å². The molecule has 4 rings (SSSR count). The number of nitrogens with one attached hydrogen (secondary N) is 1. The lowest BCUT2D eigenvalue weighted by Crippen LogP contribution is -2.54. The molecule has 0 aliphatic heterocycles. The predicted molar refractivity (Wildman–Crippen MR) is 152 cm³/mol. The smallest absolute Gasteiger partial charge is 0.358 e. The van der Waals surface area contributed by atoms with Gasteiger partial charge in [-0.2, -0.15) is 0 Å². The van der Waals surface area contributed by atoms with Crippen LogP contribution in [0, 0.1) is 18.8 Å².